The summed E-state index contributed by atoms with van der Waals surface area (Å²) in [4.78, 5) is 33.5. The Bertz CT molecular complexity index is 1170. The fraction of sp³-hybridized carbons (Fsp3) is 0.480. The van der Waals surface area contributed by atoms with Gasteiger partial charge >= 0.3 is 0 Å². The van der Waals surface area contributed by atoms with Gasteiger partial charge in [-0.05, 0) is 49.9 Å². The quantitative estimate of drug-likeness (QED) is 0.558. The molecule has 34 heavy (non-hydrogen) atoms. The number of aryl methyl sites for hydroxylation is 1. The molecular weight excluding hydrogens is 453 g/mol. The predicted molar refractivity (Wildman–Crippen MR) is 131 cm³/mol. The van der Waals surface area contributed by atoms with Crippen molar-refractivity contribution < 1.29 is 14.0 Å². The second-order valence-electron chi connectivity index (χ2n) is 9.21. The second-order valence-corrected chi connectivity index (χ2v) is 10.2. The van der Waals surface area contributed by atoms with Gasteiger partial charge in [0.15, 0.2) is 0 Å². The zero-order valence-electron chi connectivity index (χ0n) is 19.5. The summed E-state index contributed by atoms with van der Waals surface area (Å²) in [5, 5.41) is 5.61. The highest BCUT2D eigenvalue weighted by Gasteiger charge is 2.27. The van der Waals surface area contributed by atoms with Crippen LogP contribution in [0.4, 0.5) is 4.39 Å². The lowest BCUT2D eigenvalue weighted by atomic mass is 10.1. The summed E-state index contributed by atoms with van der Waals surface area (Å²) in [6.45, 7) is 7.36. The van der Waals surface area contributed by atoms with E-state index in [-0.39, 0.29) is 17.6 Å². The van der Waals surface area contributed by atoms with E-state index >= 15 is 0 Å². The number of fused-ring (bicyclic) bond motifs is 1. The third-order valence-corrected chi connectivity index (χ3v) is 7.93. The van der Waals surface area contributed by atoms with E-state index < -0.39 is 0 Å². The van der Waals surface area contributed by atoms with Crippen molar-refractivity contribution in [3.05, 3.63) is 52.3 Å². The van der Waals surface area contributed by atoms with Crippen molar-refractivity contribution in [1.82, 2.24) is 24.5 Å². The van der Waals surface area contributed by atoms with E-state index in [0.29, 0.717) is 44.1 Å². The van der Waals surface area contributed by atoms with Crippen molar-refractivity contribution in [2.75, 3.05) is 45.8 Å². The number of thiophene rings is 1. The van der Waals surface area contributed by atoms with Crippen LogP contribution in [0.5, 0.6) is 0 Å². The first-order chi connectivity index (χ1) is 16.5. The van der Waals surface area contributed by atoms with E-state index in [9.17, 15) is 14.0 Å². The number of benzene rings is 1. The summed E-state index contributed by atoms with van der Waals surface area (Å²) >= 11 is 1.46. The van der Waals surface area contributed by atoms with Gasteiger partial charge in [0.2, 0.25) is 5.91 Å². The fourth-order valence-corrected chi connectivity index (χ4v) is 5.92. The van der Waals surface area contributed by atoms with E-state index in [0.717, 1.165) is 47.4 Å². The van der Waals surface area contributed by atoms with Crippen LogP contribution in [0, 0.1) is 12.7 Å². The standard InChI is InChI=1S/C25H30FN5O2S/c1-18-21-15-22(34-25(21)31(27-18)16-19-5-7-20(26)8-6-19)24(33)30-13-11-28(12-14-30)17-23(32)29-9-3-2-4-10-29/h5-8,15H,2-4,9-14,16-17H2,1H3. The Kier molecular flexibility index (Phi) is 6.65. The summed E-state index contributed by atoms with van der Waals surface area (Å²) < 4.78 is 15.1. The second kappa shape index (κ2) is 9.84. The van der Waals surface area contributed by atoms with E-state index in [4.69, 9.17) is 0 Å². The lowest BCUT2D eigenvalue weighted by molar-refractivity contribution is -0.133. The molecule has 3 aromatic rings. The van der Waals surface area contributed by atoms with Crippen molar-refractivity contribution in [3.8, 4) is 0 Å². The van der Waals surface area contributed by atoms with Gasteiger partial charge in [0.1, 0.15) is 10.6 Å². The largest absolute Gasteiger partial charge is 0.342 e. The summed E-state index contributed by atoms with van der Waals surface area (Å²) in [5.74, 6) is -0.00777. The van der Waals surface area contributed by atoms with Crippen LogP contribution in [-0.4, -0.2) is 82.1 Å². The maximum Gasteiger partial charge on any atom is 0.264 e. The molecule has 2 amide bonds. The molecule has 2 aliphatic rings. The Morgan fingerprint density at radius 3 is 2.38 bits per heavy atom. The molecule has 2 aliphatic heterocycles. The number of likely N-dealkylation sites (tertiary alicyclic amines) is 1. The molecule has 2 fully saturated rings. The molecule has 0 radical (unpaired) electrons. The van der Waals surface area contributed by atoms with Gasteiger partial charge in [0, 0.05) is 44.7 Å². The number of aromatic nitrogens is 2. The fourth-order valence-electron chi connectivity index (χ4n) is 4.79. The third-order valence-electron chi connectivity index (χ3n) is 6.79. The van der Waals surface area contributed by atoms with Crippen LogP contribution >= 0.6 is 11.3 Å². The minimum atomic E-state index is -0.259. The molecule has 2 saturated heterocycles. The van der Waals surface area contributed by atoms with Crippen LogP contribution in [0.15, 0.2) is 30.3 Å². The molecule has 0 unspecified atom stereocenters. The summed E-state index contributed by atoms with van der Waals surface area (Å²) in [5.41, 5.74) is 1.84. The van der Waals surface area contributed by atoms with Gasteiger partial charge in [0.25, 0.3) is 5.91 Å². The SMILES string of the molecule is Cc1nn(Cc2ccc(F)cc2)c2sc(C(=O)N3CCN(CC(=O)N4CCCCC4)CC3)cc12. The van der Waals surface area contributed by atoms with Gasteiger partial charge in [-0.2, -0.15) is 5.10 Å². The minimum absolute atomic E-state index is 0.0379. The number of piperidine rings is 1. The van der Waals surface area contributed by atoms with Crippen molar-refractivity contribution >= 4 is 33.4 Å². The maximum absolute atomic E-state index is 13.2. The normalized spacial score (nSPS) is 17.5. The van der Waals surface area contributed by atoms with Crippen LogP contribution < -0.4 is 0 Å². The molecule has 9 heteroatoms. The van der Waals surface area contributed by atoms with Crippen LogP contribution in [0.2, 0.25) is 0 Å². The monoisotopic (exact) mass is 483 g/mol. The Labute approximate surface area is 202 Å². The number of carbonyl (C=O) groups excluding carboxylic acids is 2. The molecule has 1 aromatic carbocycles. The number of nitrogens with zero attached hydrogens (tertiary/aromatic N) is 5. The van der Waals surface area contributed by atoms with E-state index in [1.165, 1.54) is 29.9 Å². The number of amides is 2. The van der Waals surface area contributed by atoms with E-state index in [1.54, 1.807) is 12.1 Å². The molecule has 180 valence electrons. The number of piperazine rings is 1. The molecular formula is C25H30FN5O2S. The van der Waals surface area contributed by atoms with Crippen molar-refractivity contribution in [1.29, 1.82) is 0 Å². The van der Waals surface area contributed by atoms with Crippen LogP contribution in [-0.2, 0) is 11.3 Å². The molecule has 2 aromatic heterocycles. The Morgan fingerprint density at radius 1 is 0.971 bits per heavy atom. The molecule has 0 N–H and O–H groups in total. The van der Waals surface area contributed by atoms with Crippen LogP contribution in [0.25, 0.3) is 10.2 Å². The smallest absolute Gasteiger partial charge is 0.264 e. The predicted octanol–water partition coefficient (Wildman–Crippen LogP) is 3.36. The first-order valence-corrected chi connectivity index (χ1v) is 12.8. The zero-order chi connectivity index (χ0) is 23.7. The number of carbonyl (C=O) groups is 2. The molecule has 5 rings (SSSR count). The summed E-state index contributed by atoms with van der Waals surface area (Å²) in [6, 6.07) is 8.36. The maximum atomic E-state index is 13.2. The topological polar surface area (TPSA) is 61.7 Å². The lowest BCUT2D eigenvalue weighted by Crippen LogP contribution is -2.51. The number of rotatable bonds is 5. The number of hydrogen-bond donors (Lipinski definition) is 0. The summed E-state index contributed by atoms with van der Waals surface area (Å²) in [6.07, 6.45) is 3.42. The van der Waals surface area contributed by atoms with Crippen molar-refractivity contribution in [2.24, 2.45) is 0 Å². The Morgan fingerprint density at radius 2 is 1.68 bits per heavy atom. The lowest BCUT2D eigenvalue weighted by Gasteiger charge is -2.35. The van der Waals surface area contributed by atoms with Gasteiger partial charge in [-0.25, -0.2) is 4.39 Å². The Hall–Kier alpha value is -2.78. The third kappa shape index (κ3) is 4.86. The Balaban J connectivity index is 1.22. The highest BCUT2D eigenvalue weighted by atomic mass is 32.1. The van der Waals surface area contributed by atoms with E-state index in [2.05, 4.69) is 10.00 Å². The highest BCUT2D eigenvalue weighted by molar-refractivity contribution is 7.20. The molecule has 0 aliphatic carbocycles. The van der Waals surface area contributed by atoms with Crippen LogP contribution in [0.3, 0.4) is 0 Å². The molecule has 7 nitrogen and oxygen atoms in total. The zero-order valence-corrected chi connectivity index (χ0v) is 20.3. The van der Waals surface area contributed by atoms with Crippen molar-refractivity contribution in [2.45, 2.75) is 32.7 Å². The average molecular weight is 484 g/mol. The van der Waals surface area contributed by atoms with Crippen LogP contribution in [0.1, 0.15) is 40.2 Å². The molecule has 0 saturated carbocycles. The highest BCUT2D eigenvalue weighted by Crippen LogP contribution is 2.30. The van der Waals surface area contributed by atoms with Gasteiger partial charge in [-0.15, -0.1) is 11.3 Å². The first kappa shape index (κ1) is 23.0. The number of hydrogen-bond acceptors (Lipinski definition) is 5. The van der Waals surface area contributed by atoms with E-state index in [1.807, 2.05) is 27.5 Å². The first-order valence-electron chi connectivity index (χ1n) is 12.0. The molecule has 0 spiro atoms. The molecule has 4 heterocycles. The molecule has 0 atom stereocenters. The van der Waals surface area contributed by atoms with Gasteiger partial charge in [0.05, 0.1) is 23.7 Å². The number of halogens is 1. The van der Waals surface area contributed by atoms with Crippen molar-refractivity contribution in [3.63, 3.8) is 0 Å². The summed E-state index contributed by atoms with van der Waals surface area (Å²) in [7, 11) is 0. The molecule has 0 bridgehead atoms. The van der Waals surface area contributed by atoms with Gasteiger partial charge in [-0.3, -0.25) is 19.2 Å². The average Bonchev–Trinajstić information content (AvgIpc) is 3.42. The minimum Gasteiger partial charge on any atom is -0.342 e. The van der Waals surface area contributed by atoms with Gasteiger partial charge < -0.3 is 9.80 Å². The van der Waals surface area contributed by atoms with Gasteiger partial charge in [-0.1, -0.05) is 12.1 Å².